The van der Waals surface area contributed by atoms with Crippen molar-refractivity contribution in [2.45, 2.75) is 26.3 Å². The van der Waals surface area contributed by atoms with Crippen molar-refractivity contribution in [2.75, 3.05) is 12.3 Å². The number of rotatable bonds is 5. The first-order valence-corrected chi connectivity index (χ1v) is 6.58. The summed E-state index contributed by atoms with van der Waals surface area (Å²) in [4.78, 5) is 8.41. The summed E-state index contributed by atoms with van der Waals surface area (Å²) >= 11 is 0. The highest BCUT2D eigenvalue weighted by Crippen LogP contribution is 2.27. The van der Waals surface area contributed by atoms with Crippen molar-refractivity contribution in [3.63, 3.8) is 0 Å². The monoisotopic (exact) mass is 256 g/mol. The van der Waals surface area contributed by atoms with E-state index in [9.17, 15) is 0 Å². The Morgan fingerprint density at radius 1 is 1.32 bits per heavy atom. The summed E-state index contributed by atoms with van der Waals surface area (Å²) in [6.07, 6.45) is 6.46. The molecule has 4 nitrogen and oxygen atoms in total. The molecule has 0 radical (unpaired) electrons. The molecule has 19 heavy (non-hydrogen) atoms. The van der Waals surface area contributed by atoms with E-state index in [4.69, 9.17) is 5.73 Å². The largest absolute Gasteiger partial charge is 0.383 e. The minimum absolute atomic E-state index is 0.0438. The number of aromatic nitrogens is 2. The molecule has 0 aromatic carbocycles. The van der Waals surface area contributed by atoms with Gasteiger partial charge in [0.25, 0.3) is 0 Å². The van der Waals surface area contributed by atoms with Crippen molar-refractivity contribution in [1.82, 2.24) is 15.3 Å². The van der Waals surface area contributed by atoms with E-state index >= 15 is 0 Å². The van der Waals surface area contributed by atoms with Gasteiger partial charge in [-0.1, -0.05) is 13.0 Å². The van der Waals surface area contributed by atoms with Crippen LogP contribution in [-0.2, 0) is 0 Å². The zero-order chi connectivity index (χ0) is 13.7. The van der Waals surface area contributed by atoms with Gasteiger partial charge in [-0.25, -0.2) is 4.98 Å². The number of aryl methyl sites for hydroxylation is 1. The number of nitrogens with zero attached hydrogens (tertiary/aromatic N) is 2. The van der Waals surface area contributed by atoms with Crippen LogP contribution in [0.1, 0.15) is 36.1 Å². The van der Waals surface area contributed by atoms with Gasteiger partial charge < -0.3 is 11.1 Å². The lowest BCUT2D eigenvalue weighted by Gasteiger charge is -2.22. The molecule has 0 aliphatic heterocycles. The van der Waals surface area contributed by atoms with Gasteiger partial charge >= 0.3 is 0 Å². The fourth-order valence-electron chi connectivity index (χ4n) is 2.19. The number of nitrogens with two attached hydrogens (primary N) is 1. The fraction of sp³-hybridized carbons (Fsp3) is 0.333. The molecule has 2 aromatic rings. The molecule has 1 atom stereocenters. The molecule has 2 heterocycles. The highest BCUT2D eigenvalue weighted by atomic mass is 14.9. The Balaban J connectivity index is 2.43. The van der Waals surface area contributed by atoms with E-state index in [1.54, 1.807) is 12.4 Å². The fourth-order valence-corrected chi connectivity index (χ4v) is 2.19. The number of anilines is 1. The van der Waals surface area contributed by atoms with Gasteiger partial charge in [-0.2, -0.15) is 0 Å². The number of hydrogen-bond acceptors (Lipinski definition) is 4. The van der Waals surface area contributed by atoms with Crippen LogP contribution in [0, 0.1) is 6.92 Å². The topological polar surface area (TPSA) is 63.8 Å². The number of nitrogens with one attached hydrogen (secondary N) is 1. The van der Waals surface area contributed by atoms with Crippen LogP contribution in [0.4, 0.5) is 5.82 Å². The Hall–Kier alpha value is -1.94. The molecule has 0 fully saturated rings. The average Bonchev–Trinajstić information content (AvgIpc) is 2.43. The Morgan fingerprint density at radius 3 is 2.79 bits per heavy atom. The summed E-state index contributed by atoms with van der Waals surface area (Å²) in [7, 11) is 0. The summed E-state index contributed by atoms with van der Waals surface area (Å²) in [6, 6.07) is 6.04. The maximum Gasteiger partial charge on any atom is 0.128 e. The van der Waals surface area contributed by atoms with Crippen molar-refractivity contribution in [2.24, 2.45) is 0 Å². The number of nitrogen functional groups attached to an aromatic ring is 1. The molecule has 0 bridgehead atoms. The molecule has 0 spiro atoms. The second kappa shape index (κ2) is 6.29. The van der Waals surface area contributed by atoms with Gasteiger partial charge in [0.15, 0.2) is 0 Å². The third-order valence-corrected chi connectivity index (χ3v) is 3.14. The molecular weight excluding hydrogens is 236 g/mol. The van der Waals surface area contributed by atoms with Gasteiger partial charge in [0.1, 0.15) is 5.82 Å². The second-order valence-corrected chi connectivity index (χ2v) is 4.60. The lowest BCUT2D eigenvalue weighted by Crippen LogP contribution is -2.25. The third-order valence-electron chi connectivity index (χ3n) is 3.14. The van der Waals surface area contributed by atoms with E-state index in [0.29, 0.717) is 5.82 Å². The number of hydrogen-bond donors (Lipinski definition) is 2. The first-order chi connectivity index (χ1) is 9.24. The van der Waals surface area contributed by atoms with Crippen molar-refractivity contribution in [1.29, 1.82) is 0 Å². The smallest absolute Gasteiger partial charge is 0.128 e. The number of pyridine rings is 2. The normalized spacial score (nSPS) is 12.3. The Kier molecular flexibility index (Phi) is 4.47. The van der Waals surface area contributed by atoms with Crippen LogP contribution in [-0.4, -0.2) is 16.5 Å². The van der Waals surface area contributed by atoms with Crippen LogP contribution in [0.5, 0.6) is 0 Å². The molecular formula is C15H20N4. The predicted molar refractivity (Wildman–Crippen MR) is 77.8 cm³/mol. The Bertz CT molecular complexity index is 505. The SMILES string of the molecule is CCCNC(c1cccnc1)c1c(C)ccnc1N. The molecule has 3 N–H and O–H groups in total. The molecule has 2 aromatic heterocycles. The Labute approximate surface area is 114 Å². The van der Waals surface area contributed by atoms with Crippen LogP contribution in [0.15, 0.2) is 36.8 Å². The summed E-state index contributed by atoms with van der Waals surface area (Å²) in [5, 5.41) is 3.52. The quantitative estimate of drug-likeness (QED) is 0.862. The molecule has 1 unspecified atom stereocenters. The highest BCUT2D eigenvalue weighted by Gasteiger charge is 2.18. The van der Waals surface area contributed by atoms with Gasteiger partial charge in [-0.05, 0) is 43.1 Å². The Morgan fingerprint density at radius 2 is 2.16 bits per heavy atom. The van der Waals surface area contributed by atoms with Crippen LogP contribution in [0.3, 0.4) is 0 Å². The standard InChI is InChI=1S/C15H20N4/c1-3-7-18-14(12-5-4-8-17-10-12)13-11(2)6-9-19-15(13)16/h4-6,8-10,14,18H,3,7H2,1-2H3,(H2,16,19). The van der Waals surface area contributed by atoms with E-state index in [1.165, 1.54) is 0 Å². The molecule has 0 saturated heterocycles. The summed E-state index contributed by atoms with van der Waals surface area (Å²) in [5.41, 5.74) is 9.36. The van der Waals surface area contributed by atoms with Crippen LogP contribution < -0.4 is 11.1 Å². The molecule has 0 amide bonds. The van der Waals surface area contributed by atoms with E-state index in [0.717, 1.165) is 29.7 Å². The zero-order valence-corrected chi connectivity index (χ0v) is 11.4. The van der Waals surface area contributed by atoms with E-state index < -0.39 is 0 Å². The van der Waals surface area contributed by atoms with Gasteiger partial charge in [0.2, 0.25) is 0 Å². The molecule has 0 aliphatic rings. The minimum Gasteiger partial charge on any atom is -0.383 e. The van der Waals surface area contributed by atoms with Crippen LogP contribution >= 0.6 is 0 Å². The van der Waals surface area contributed by atoms with Crippen molar-refractivity contribution in [3.05, 3.63) is 53.5 Å². The van der Waals surface area contributed by atoms with Crippen molar-refractivity contribution >= 4 is 5.82 Å². The summed E-state index contributed by atoms with van der Waals surface area (Å²) in [5.74, 6) is 0.581. The van der Waals surface area contributed by atoms with Crippen LogP contribution in [0.25, 0.3) is 0 Å². The predicted octanol–water partition coefficient (Wildman–Crippen LogP) is 2.46. The van der Waals surface area contributed by atoms with Crippen LogP contribution in [0.2, 0.25) is 0 Å². The van der Waals surface area contributed by atoms with Gasteiger partial charge in [-0.3, -0.25) is 4.98 Å². The molecule has 0 saturated carbocycles. The maximum atomic E-state index is 6.06. The summed E-state index contributed by atoms with van der Waals surface area (Å²) in [6.45, 7) is 5.13. The highest BCUT2D eigenvalue weighted by molar-refractivity contribution is 5.49. The average molecular weight is 256 g/mol. The lowest BCUT2D eigenvalue weighted by atomic mass is 9.96. The zero-order valence-electron chi connectivity index (χ0n) is 11.4. The first-order valence-electron chi connectivity index (χ1n) is 6.58. The van der Waals surface area contributed by atoms with Gasteiger partial charge in [0.05, 0.1) is 6.04 Å². The second-order valence-electron chi connectivity index (χ2n) is 4.60. The molecule has 0 aliphatic carbocycles. The minimum atomic E-state index is 0.0438. The maximum absolute atomic E-state index is 6.06. The molecule has 100 valence electrons. The van der Waals surface area contributed by atoms with Crippen molar-refractivity contribution in [3.8, 4) is 0 Å². The lowest BCUT2D eigenvalue weighted by molar-refractivity contribution is 0.594. The first kappa shape index (κ1) is 13.5. The van der Waals surface area contributed by atoms with Gasteiger partial charge in [0, 0.05) is 24.2 Å². The van der Waals surface area contributed by atoms with E-state index in [1.807, 2.05) is 18.3 Å². The van der Waals surface area contributed by atoms with E-state index in [-0.39, 0.29) is 6.04 Å². The van der Waals surface area contributed by atoms with Gasteiger partial charge in [-0.15, -0.1) is 0 Å². The summed E-state index contributed by atoms with van der Waals surface area (Å²) < 4.78 is 0. The molecule has 4 heteroatoms. The van der Waals surface area contributed by atoms with Crippen molar-refractivity contribution < 1.29 is 0 Å². The third kappa shape index (κ3) is 3.09. The molecule has 2 rings (SSSR count). The van der Waals surface area contributed by atoms with E-state index in [2.05, 4.69) is 35.2 Å².